The van der Waals surface area contributed by atoms with Crippen molar-refractivity contribution in [3.63, 3.8) is 0 Å². The maximum absolute atomic E-state index is 11.6. The first-order valence-corrected chi connectivity index (χ1v) is 6.70. The number of carbonyl (C=O) groups excluding carboxylic acids is 1. The van der Waals surface area contributed by atoms with E-state index in [2.05, 4.69) is 0 Å². The highest BCUT2D eigenvalue weighted by atomic mass is 16.7. The van der Waals surface area contributed by atoms with E-state index in [0.717, 1.165) is 0 Å². The van der Waals surface area contributed by atoms with Crippen molar-refractivity contribution >= 4 is 6.16 Å². The topological polar surface area (TPSA) is 54.0 Å². The Hall–Kier alpha value is -0.810. The highest BCUT2D eigenvalue weighted by Gasteiger charge is 2.18. The molecule has 0 aliphatic rings. The molecule has 0 fully saturated rings. The lowest BCUT2D eigenvalue weighted by Gasteiger charge is -2.19. The molecule has 0 rings (SSSR count). The summed E-state index contributed by atoms with van der Waals surface area (Å²) in [4.78, 5) is 11.6. The minimum atomic E-state index is -0.645. The third-order valence-corrected chi connectivity index (χ3v) is 2.45. The van der Waals surface area contributed by atoms with Crippen LogP contribution in [0.2, 0.25) is 0 Å². The molecule has 0 heterocycles. The van der Waals surface area contributed by atoms with Crippen molar-refractivity contribution in [1.29, 1.82) is 0 Å². The van der Waals surface area contributed by atoms with Crippen molar-refractivity contribution in [3.05, 3.63) is 0 Å². The molecule has 0 aromatic heterocycles. The summed E-state index contributed by atoms with van der Waals surface area (Å²) in [5, 5.41) is 0. The predicted molar refractivity (Wildman–Crippen MR) is 68.7 cm³/mol. The van der Waals surface area contributed by atoms with Gasteiger partial charge in [0.05, 0.1) is 13.2 Å². The molecule has 5 heteroatoms. The molecule has 0 aromatic rings. The van der Waals surface area contributed by atoms with Crippen molar-refractivity contribution in [2.45, 2.75) is 52.7 Å². The van der Waals surface area contributed by atoms with E-state index in [1.165, 1.54) is 0 Å². The van der Waals surface area contributed by atoms with E-state index in [1.54, 1.807) is 0 Å². The van der Waals surface area contributed by atoms with Gasteiger partial charge in [-0.1, -0.05) is 13.8 Å². The van der Waals surface area contributed by atoms with Crippen LogP contribution in [-0.4, -0.2) is 44.8 Å². The average molecular weight is 262 g/mol. The molecular formula is C13H26O5. The second-order valence-electron chi connectivity index (χ2n) is 3.87. The van der Waals surface area contributed by atoms with Crippen LogP contribution in [0.4, 0.5) is 4.79 Å². The minimum absolute atomic E-state index is 0.248. The van der Waals surface area contributed by atoms with Crippen molar-refractivity contribution in [3.8, 4) is 0 Å². The van der Waals surface area contributed by atoms with Gasteiger partial charge in [-0.25, -0.2) is 4.79 Å². The first-order valence-electron chi connectivity index (χ1n) is 6.70. The molecule has 0 aliphatic carbocycles. The molecule has 2 unspecified atom stereocenters. The lowest BCUT2D eigenvalue weighted by atomic mass is 10.3. The molecule has 2 atom stereocenters. The van der Waals surface area contributed by atoms with Gasteiger partial charge in [-0.05, 0) is 26.7 Å². The summed E-state index contributed by atoms with van der Waals surface area (Å²) in [6.07, 6.45) is 0.270. The number of carbonyl (C=O) groups is 1. The molecule has 0 amide bonds. The lowest BCUT2D eigenvalue weighted by Crippen LogP contribution is -2.28. The molecular weight excluding hydrogens is 236 g/mol. The van der Waals surface area contributed by atoms with E-state index in [9.17, 15) is 4.79 Å². The third kappa shape index (κ3) is 8.31. The summed E-state index contributed by atoms with van der Waals surface area (Å²) >= 11 is 0. The van der Waals surface area contributed by atoms with Crippen molar-refractivity contribution in [1.82, 2.24) is 0 Å². The Morgan fingerprint density at radius 2 is 1.22 bits per heavy atom. The van der Waals surface area contributed by atoms with Gasteiger partial charge >= 0.3 is 6.16 Å². The fraction of sp³-hybridized carbons (Fsp3) is 0.923. The predicted octanol–water partition coefficient (Wildman–Crippen LogP) is 2.77. The zero-order valence-electron chi connectivity index (χ0n) is 11.9. The summed E-state index contributed by atoms with van der Waals surface area (Å²) in [6, 6.07) is 0. The molecule has 0 radical (unpaired) electrons. The van der Waals surface area contributed by atoms with Crippen LogP contribution >= 0.6 is 0 Å². The van der Waals surface area contributed by atoms with E-state index < -0.39 is 6.16 Å². The monoisotopic (exact) mass is 262 g/mol. The van der Waals surface area contributed by atoms with Gasteiger partial charge in [-0.15, -0.1) is 0 Å². The van der Waals surface area contributed by atoms with Gasteiger partial charge < -0.3 is 18.9 Å². The fourth-order valence-corrected chi connectivity index (χ4v) is 1.27. The van der Waals surface area contributed by atoms with Gasteiger partial charge in [0.25, 0.3) is 0 Å². The van der Waals surface area contributed by atoms with Crippen molar-refractivity contribution < 1.29 is 23.7 Å². The molecule has 0 bridgehead atoms. The number of rotatable bonds is 10. The van der Waals surface area contributed by atoms with E-state index in [-0.39, 0.29) is 12.2 Å². The fourth-order valence-electron chi connectivity index (χ4n) is 1.27. The van der Waals surface area contributed by atoms with Crippen LogP contribution in [0.1, 0.15) is 40.5 Å². The quantitative estimate of drug-likeness (QED) is 0.567. The Kier molecular flexibility index (Phi) is 10.8. The van der Waals surface area contributed by atoms with Crippen molar-refractivity contribution in [2.24, 2.45) is 0 Å². The van der Waals surface area contributed by atoms with Crippen LogP contribution in [0.5, 0.6) is 0 Å². The van der Waals surface area contributed by atoms with Gasteiger partial charge in [0, 0.05) is 13.2 Å². The van der Waals surface area contributed by atoms with Gasteiger partial charge in [0.2, 0.25) is 0 Å². The first kappa shape index (κ1) is 17.2. The maximum Gasteiger partial charge on any atom is 0.508 e. The number of hydrogen-bond donors (Lipinski definition) is 0. The first-order chi connectivity index (χ1) is 8.67. The molecule has 0 spiro atoms. The Morgan fingerprint density at radius 1 is 0.833 bits per heavy atom. The van der Waals surface area contributed by atoms with Crippen molar-refractivity contribution in [2.75, 3.05) is 26.4 Å². The Bertz CT molecular complexity index is 188. The summed E-state index contributed by atoms with van der Waals surface area (Å²) in [6.45, 7) is 9.71. The van der Waals surface area contributed by atoms with Crippen LogP contribution in [0.15, 0.2) is 0 Å². The highest BCUT2D eigenvalue weighted by Crippen LogP contribution is 2.06. The molecule has 0 saturated carbocycles. The lowest BCUT2D eigenvalue weighted by molar-refractivity contribution is -0.0473. The maximum atomic E-state index is 11.6. The van der Waals surface area contributed by atoms with Crippen LogP contribution in [0.25, 0.3) is 0 Å². The molecule has 0 saturated heterocycles. The minimum Gasteiger partial charge on any atom is -0.429 e. The summed E-state index contributed by atoms with van der Waals surface area (Å²) < 4.78 is 20.8. The number of hydrogen-bond acceptors (Lipinski definition) is 5. The standard InChI is InChI=1S/C13H26O5/c1-5-11(9-15-7-3)17-13(14)18-12(6-2)10-16-8-4/h11-12H,5-10H2,1-4H3. The second-order valence-corrected chi connectivity index (χ2v) is 3.87. The molecule has 18 heavy (non-hydrogen) atoms. The SMILES string of the molecule is CCOCC(CC)OC(=O)OC(CC)COCC. The van der Waals surface area contributed by atoms with Gasteiger partial charge in [0.1, 0.15) is 12.2 Å². The molecule has 108 valence electrons. The highest BCUT2D eigenvalue weighted by molar-refractivity contribution is 5.60. The zero-order chi connectivity index (χ0) is 13.8. The van der Waals surface area contributed by atoms with E-state index >= 15 is 0 Å². The van der Waals surface area contributed by atoms with E-state index in [4.69, 9.17) is 18.9 Å². The van der Waals surface area contributed by atoms with Gasteiger partial charge in [-0.3, -0.25) is 0 Å². The molecule has 0 aliphatic heterocycles. The summed E-state index contributed by atoms with van der Waals surface area (Å²) in [5.41, 5.74) is 0. The average Bonchev–Trinajstić information content (AvgIpc) is 2.39. The summed E-state index contributed by atoms with van der Waals surface area (Å²) in [7, 11) is 0. The molecule has 0 aromatic carbocycles. The molecule has 5 nitrogen and oxygen atoms in total. The van der Waals surface area contributed by atoms with Crippen LogP contribution in [-0.2, 0) is 18.9 Å². The smallest absolute Gasteiger partial charge is 0.429 e. The number of ether oxygens (including phenoxy) is 4. The van der Waals surface area contributed by atoms with E-state index in [1.807, 2.05) is 27.7 Å². The van der Waals surface area contributed by atoms with Crippen LogP contribution in [0.3, 0.4) is 0 Å². The Morgan fingerprint density at radius 3 is 1.50 bits per heavy atom. The Labute approximate surface area is 110 Å². The largest absolute Gasteiger partial charge is 0.508 e. The normalized spacial score (nSPS) is 14.0. The van der Waals surface area contributed by atoms with Gasteiger partial charge in [-0.2, -0.15) is 0 Å². The Balaban J connectivity index is 3.96. The van der Waals surface area contributed by atoms with Crippen LogP contribution in [0, 0.1) is 0 Å². The van der Waals surface area contributed by atoms with Gasteiger partial charge in [0.15, 0.2) is 0 Å². The zero-order valence-corrected chi connectivity index (χ0v) is 11.9. The third-order valence-electron chi connectivity index (χ3n) is 2.45. The summed E-state index contributed by atoms with van der Waals surface area (Å²) in [5.74, 6) is 0. The second kappa shape index (κ2) is 11.3. The van der Waals surface area contributed by atoms with Crippen LogP contribution < -0.4 is 0 Å². The van der Waals surface area contributed by atoms with E-state index in [0.29, 0.717) is 39.3 Å². The molecule has 0 N–H and O–H groups in total.